The van der Waals surface area contributed by atoms with Crippen molar-refractivity contribution < 1.29 is 15.0 Å². The van der Waals surface area contributed by atoms with Crippen LogP contribution in [0.4, 0.5) is 11.4 Å². The minimum absolute atomic E-state index is 0.0479. The molecule has 0 spiro atoms. The fourth-order valence-electron chi connectivity index (χ4n) is 1.83. The van der Waals surface area contributed by atoms with Gasteiger partial charge in [-0.05, 0) is 18.2 Å². The molecule has 98 valence electrons. The van der Waals surface area contributed by atoms with Crippen molar-refractivity contribution in [2.75, 3.05) is 36.2 Å². The van der Waals surface area contributed by atoms with Crippen molar-refractivity contribution in [3.8, 4) is 0 Å². The van der Waals surface area contributed by atoms with Gasteiger partial charge < -0.3 is 20.4 Å². The summed E-state index contributed by atoms with van der Waals surface area (Å²) in [6.07, 6.45) is -0.914. The molecular formula is C12H16N2O3S. The molecule has 5 nitrogen and oxygen atoms in total. The fourth-order valence-corrected chi connectivity index (χ4v) is 2.74. The molecule has 1 aliphatic heterocycles. The van der Waals surface area contributed by atoms with Crippen molar-refractivity contribution in [2.24, 2.45) is 0 Å². The van der Waals surface area contributed by atoms with Crippen molar-refractivity contribution in [3.63, 3.8) is 0 Å². The number of nitrogens with one attached hydrogen (secondary N) is 1. The van der Waals surface area contributed by atoms with Crippen LogP contribution >= 0.6 is 11.8 Å². The van der Waals surface area contributed by atoms with E-state index in [1.54, 1.807) is 0 Å². The highest BCUT2D eigenvalue weighted by Gasteiger charge is 2.26. The number of aliphatic hydroxyl groups is 2. The number of amides is 1. The molecule has 0 saturated heterocycles. The number of anilines is 2. The normalized spacial score (nSPS) is 16.4. The van der Waals surface area contributed by atoms with Crippen LogP contribution in [-0.4, -0.2) is 48.2 Å². The highest BCUT2D eigenvalue weighted by Crippen LogP contribution is 2.37. The summed E-state index contributed by atoms with van der Waals surface area (Å²) >= 11 is 1.49. The molecule has 0 aromatic heterocycles. The summed E-state index contributed by atoms with van der Waals surface area (Å²) < 4.78 is 0. The zero-order chi connectivity index (χ0) is 13.1. The molecule has 1 amide bonds. The number of benzene rings is 1. The lowest BCUT2D eigenvalue weighted by atomic mass is 10.2. The Morgan fingerprint density at radius 2 is 2.33 bits per heavy atom. The number of thioether (sulfide) groups is 1. The van der Waals surface area contributed by atoms with Gasteiger partial charge in [0.05, 0.1) is 30.7 Å². The van der Waals surface area contributed by atoms with Gasteiger partial charge in [-0.3, -0.25) is 4.79 Å². The third-order valence-corrected chi connectivity index (χ3v) is 3.84. The number of fused-ring (bicyclic) bond motifs is 1. The molecule has 0 bridgehead atoms. The van der Waals surface area contributed by atoms with Gasteiger partial charge >= 0.3 is 0 Å². The Bertz CT molecular complexity index is 453. The number of β-amino-alcohol motifs (C(OH)–C–C–N with tert-alkyl or cyclic N) is 1. The number of rotatable bonds is 4. The zero-order valence-corrected chi connectivity index (χ0v) is 10.9. The minimum atomic E-state index is -0.914. The van der Waals surface area contributed by atoms with E-state index in [1.165, 1.54) is 16.7 Å². The maximum absolute atomic E-state index is 11.9. The summed E-state index contributed by atoms with van der Waals surface area (Å²) in [5.41, 5.74) is 1.70. The summed E-state index contributed by atoms with van der Waals surface area (Å²) in [6, 6.07) is 5.78. The first-order valence-corrected chi connectivity index (χ1v) is 6.68. The molecule has 18 heavy (non-hydrogen) atoms. The van der Waals surface area contributed by atoms with Gasteiger partial charge in [0, 0.05) is 17.6 Å². The summed E-state index contributed by atoms with van der Waals surface area (Å²) in [4.78, 5) is 14.4. The molecule has 0 fully saturated rings. The molecule has 0 aliphatic carbocycles. The lowest BCUT2D eigenvalue weighted by molar-refractivity contribution is -0.116. The lowest BCUT2D eigenvalue weighted by Crippen LogP contribution is -2.41. The Morgan fingerprint density at radius 3 is 3.00 bits per heavy atom. The molecule has 1 unspecified atom stereocenters. The number of nitrogens with zero attached hydrogens (tertiary/aromatic N) is 1. The average Bonchev–Trinajstić information content (AvgIpc) is 2.41. The van der Waals surface area contributed by atoms with Gasteiger partial charge in [-0.1, -0.05) is 0 Å². The molecule has 1 aromatic carbocycles. The van der Waals surface area contributed by atoms with Crippen molar-refractivity contribution >= 4 is 29.0 Å². The quantitative estimate of drug-likeness (QED) is 0.742. The number of carbonyl (C=O) groups excluding carboxylic acids is 1. The first-order chi connectivity index (χ1) is 8.65. The standard InChI is InChI=1S/C12H16N2O3S/c1-13-8-2-3-11-10(4-8)14(5-9(16)6-15)12(17)7-18-11/h2-4,9,13,15-16H,5-7H2,1H3. The number of hydrogen-bond acceptors (Lipinski definition) is 5. The highest BCUT2D eigenvalue weighted by atomic mass is 32.2. The smallest absolute Gasteiger partial charge is 0.237 e. The van der Waals surface area contributed by atoms with Crippen LogP contribution in [0.2, 0.25) is 0 Å². The van der Waals surface area contributed by atoms with Crippen LogP contribution in [0.3, 0.4) is 0 Å². The summed E-state index contributed by atoms with van der Waals surface area (Å²) in [5, 5.41) is 21.4. The Hall–Kier alpha value is -1.24. The van der Waals surface area contributed by atoms with Gasteiger partial charge in [0.25, 0.3) is 0 Å². The Morgan fingerprint density at radius 1 is 1.56 bits per heavy atom. The van der Waals surface area contributed by atoms with E-state index in [1.807, 2.05) is 25.2 Å². The van der Waals surface area contributed by atoms with Gasteiger partial charge in [0.15, 0.2) is 0 Å². The monoisotopic (exact) mass is 268 g/mol. The predicted molar refractivity (Wildman–Crippen MR) is 72.2 cm³/mol. The fraction of sp³-hybridized carbons (Fsp3) is 0.417. The second kappa shape index (κ2) is 5.60. The Balaban J connectivity index is 2.32. The molecule has 1 aromatic rings. The van der Waals surface area contributed by atoms with E-state index in [0.29, 0.717) is 5.75 Å². The number of aliphatic hydroxyl groups excluding tert-OH is 2. The van der Waals surface area contributed by atoms with Crippen LogP contribution in [0.1, 0.15) is 0 Å². The third-order valence-electron chi connectivity index (χ3n) is 2.79. The summed E-state index contributed by atoms with van der Waals surface area (Å²) in [5.74, 6) is 0.317. The van der Waals surface area contributed by atoms with E-state index in [-0.39, 0.29) is 19.1 Å². The van der Waals surface area contributed by atoms with E-state index < -0.39 is 6.10 Å². The van der Waals surface area contributed by atoms with Gasteiger partial charge in [0.1, 0.15) is 0 Å². The minimum Gasteiger partial charge on any atom is -0.394 e. The largest absolute Gasteiger partial charge is 0.394 e. The molecule has 1 atom stereocenters. The molecule has 1 aliphatic rings. The maximum Gasteiger partial charge on any atom is 0.237 e. The Kier molecular flexibility index (Phi) is 4.11. The van der Waals surface area contributed by atoms with Crippen LogP contribution < -0.4 is 10.2 Å². The second-order valence-electron chi connectivity index (χ2n) is 4.06. The second-order valence-corrected chi connectivity index (χ2v) is 5.08. The van der Waals surface area contributed by atoms with Crippen LogP contribution in [0.5, 0.6) is 0 Å². The predicted octanol–water partition coefficient (Wildman–Crippen LogP) is 0.520. The van der Waals surface area contributed by atoms with Gasteiger partial charge in [-0.25, -0.2) is 0 Å². The Labute approximate surface area is 110 Å². The van der Waals surface area contributed by atoms with Crippen LogP contribution in [0.15, 0.2) is 23.1 Å². The average molecular weight is 268 g/mol. The van der Waals surface area contributed by atoms with Crippen molar-refractivity contribution in [1.82, 2.24) is 0 Å². The summed E-state index contributed by atoms with van der Waals surface area (Å²) in [6.45, 7) is -0.228. The SMILES string of the molecule is CNc1ccc2c(c1)N(CC(O)CO)C(=O)CS2. The highest BCUT2D eigenvalue weighted by molar-refractivity contribution is 8.00. The zero-order valence-electron chi connectivity index (χ0n) is 10.1. The van der Waals surface area contributed by atoms with E-state index in [0.717, 1.165) is 16.3 Å². The van der Waals surface area contributed by atoms with Crippen molar-refractivity contribution in [2.45, 2.75) is 11.0 Å². The third kappa shape index (κ3) is 2.60. The van der Waals surface area contributed by atoms with Crippen LogP contribution in [0, 0.1) is 0 Å². The first kappa shape index (κ1) is 13.2. The number of carbonyl (C=O) groups is 1. The summed E-state index contributed by atoms with van der Waals surface area (Å²) in [7, 11) is 1.81. The van der Waals surface area contributed by atoms with Crippen LogP contribution in [0.25, 0.3) is 0 Å². The van der Waals surface area contributed by atoms with E-state index in [2.05, 4.69) is 5.32 Å². The molecule has 6 heteroatoms. The van der Waals surface area contributed by atoms with Crippen LogP contribution in [-0.2, 0) is 4.79 Å². The van der Waals surface area contributed by atoms with Gasteiger partial charge in [0.2, 0.25) is 5.91 Å². The van der Waals surface area contributed by atoms with Gasteiger partial charge in [-0.2, -0.15) is 0 Å². The molecule has 3 N–H and O–H groups in total. The molecule has 0 radical (unpaired) electrons. The van der Waals surface area contributed by atoms with E-state index in [4.69, 9.17) is 5.11 Å². The van der Waals surface area contributed by atoms with Crippen molar-refractivity contribution in [1.29, 1.82) is 0 Å². The van der Waals surface area contributed by atoms with Crippen molar-refractivity contribution in [3.05, 3.63) is 18.2 Å². The van der Waals surface area contributed by atoms with E-state index >= 15 is 0 Å². The topological polar surface area (TPSA) is 72.8 Å². The van der Waals surface area contributed by atoms with Gasteiger partial charge in [-0.15, -0.1) is 11.8 Å². The molecular weight excluding hydrogens is 252 g/mol. The number of hydrogen-bond donors (Lipinski definition) is 3. The van der Waals surface area contributed by atoms with E-state index in [9.17, 15) is 9.90 Å². The maximum atomic E-state index is 11.9. The molecule has 2 rings (SSSR count). The molecule has 1 heterocycles. The lowest BCUT2D eigenvalue weighted by Gasteiger charge is -2.30. The molecule has 0 saturated carbocycles. The first-order valence-electron chi connectivity index (χ1n) is 5.69.